The van der Waals surface area contributed by atoms with Gasteiger partial charge in [0.15, 0.2) is 19.0 Å². The first kappa shape index (κ1) is 15.8. The molecule has 0 saturated heterocycles. The Bertz CT molecular complexity index is 708. The van der Waals surface area contributed by atoms with Crippen molar-refractivity contribution in [3.8, 4) is 5.75 Å². The Morgan fingerprint density at radius 2 is 2.14 bits per heavy atom. The van der Waals surface area contributed by atoms with Crippen molar-refractivity contribution in [3.63, 3.8) is 0 Å². The molecule has 0 aliphatic heterocycles. The Balaban J connectivity index is 2.19. The highest BCUT2D eigenvalue weighted by Gasteiger charge is 2.14. The van der Waals surface area contributed by atoms with E-state index >= 15 is 0 Å². The quantitative estimate of drug-likeness (QED) is 0.589. The third kappa shape index (κ3) is 3.94. The van der Waals surface area contributed by atoms with Gasteiger partial charge in [-0.2, -0.15) is 0 Å². The van der Waals surface area contributed by atoms with E-state index in [0.717, 1.165) is 5.39 Å². The lowest BCUT2D eigenvalue weighted by Crippen LogP contribution is -2.24. The lowest BCUT2D eigenvalue weighted by atomic mass is 10.2. The largest absolute Gasteiger partial charge is 0.478 e. The van der Waals surface area contributed by atoms with Gasteiger partial charge in [0.2, 0.25) is 0 Å². The second-order valence-corrected chi connectivity index (χ2v) is 5.55. The highest BCUT2D eigenvalue weighted by Crippen LogP contribution is 2.34. The smallest absolute Gasteiger partial charge is 0.344 e. The SMILES string of the molecule is NC(=O)COC(=O)COc1c(I)cc(Cl)c2cccnc12. The minimum atomic E-state index is -0.725. The number of halogens is 2. The minimum absolute atomic E-state index is 0.351. The number of rotatable bonds is 5. The molecule has 0 radical (unpaired) electrons. The molecule has 0 bridgehead atoms. The zero-order valence-electron chi connectivity index (χ0n) is 10.6. The van der Waals surface area contributed by atoms with E-state index < -0.39 is 18.5 Å². The van der Waals surface area contributed by atoms with Gasteiger partial charge in [-0.15, -0.1) is 0 Å². The molecule has 0 atom stereocenters. The van der Waals surface area contributed by atoms with Crippen LogP contribution in [-0.2, 0) is 14.3 Å². The fraction of sp³-hybridized carbons (Fsp3) is 0.154. The number of nitrogens with two attached hydrogens (primary N) is 1. The molecule has 8 heteroatoms. The van der Waals surface area contributed by atoms with Crippen molar-refractivity contribution in [2.45, 2.75) is 0 Å². The van der Waals surface area contributed by atoms with Crippen LogP contribution in [0.4, 0.5) is 0 Å². The number of carbonyl (C=O) groups excluding carboxylic acids is 2. The zero-order chi connectivity index (χ0) is 15.4. The summed E-state index contributed by atoms with van der Waals surface area (Å²) in [5.41, 5.74) is 5.43. The number of aromatic nitrogens is 1. The van der Waals surface area contributed by atoms with E-state index in [9.17, 15) is 9.59 Å². The summed E-state index contributed by atoms with van der Waals surface area (Å²) in [6, 6.07) is 5.28. The first-order valence-electron chi connectivity index (χ1n) is 5.78. The molecule has 1 heterocycles. The number of esters is 1. The zero-order valence-corrected chi connectivity index (χ0v) is 13.6. The third-order valence-electron chi connectivity index (χ3n) is 2.46. The molecule has 0 aliphatic rings. The molecular weight excluding hydrogens is 411 g/mol. The van der Waals surface area contributed by atoms with Crippen LogP contribution in [0.15, 0.2) is 24.4 Å². The average molecular weight is 421 g/mol. The molecule has 0 spiro atoms. The van der Waals surface area contributed by atoms with Crippen LogP contribution in [0, 0.1) is 3.57 Å². The Morgan fingerprint density at radius 1 is 1.38 bits per heavy atom. The maximum atomic E-state index is 11.4. The predicted octanol–water partition coefficient (Wildman–Crippen LogP) is 1.90. The second kappa shape index (κ2) is 6.90. The van der Waals surface area contributed by atoms with Crippen LogP contribution in [0.25, 0.3) is 10.9 Å². The lowest BCUT2D eigenvalue weighted by molar-refractivity contribution is -0.149. The van der Waals surface area contributed by atoms with E-state index in [0.29, 0.717) is 19.9 Å². The second-order valence-electron chi connectivity index (χ2n) is 3.98. The number of hydrogen-bond acceptors (Lipinski definition) is 5. The van der Waals surface area contributed by atoms with E-state index in [-0.39, 0.29) is 6.61 Å². The van der Waals surface area contributed by atoms with Crippen LogP contribution in [0.2, 0.25) is 5.02 Å². The highest BCUT2D eigenvalue weighted by molar-refractivity contribution is 14.1. The van der Waals surface area contributed by atoms with Crippen molar-refractivity contribution in [2.24, 2.45) is 5.73 Å². The predicted molar refractivity (Wildman–Crippen MR) is 85.1 cm³/mol. The van der Waals surface area contributed by atoms with E-state index in [4.69, 9.17) is 22.1 Å². The molecule has 110 valence electrons. The Hall–Kier alpha value is -1.61. The molecule has 0 saturated carbocycles. The van der Waals surface area contributed by atoms with Gasteiger partial charge in [-0.25, -0.2) is 4.79 Å². The molecule has 6 nitrogen and oxygen atoms in total. The highest BCUT2D eigenvalue weighted by atomic mass is 127. The van der Waals surface area contributed by atoms with E-state index in [1.165, 1.54) is 0 Å². The molecule has 1 amide bonds. The number of ether oxygens (including phenoxy) is 2. The van der Waals surface area contributed by atoms with Crippen molar-refractivity contribution in [3.05, 3.63) is 33.0 Å². The first-order valence-corrected chi connectivity index (χ1v) is 7.24. The Labute approximate surface area is 138 Å². The number of primary amides is 1. The van der Waals surface area contributed by atoms with E-state index in [1.54, 1.807) is 24.4 Å². The lowest BCUT2D eigenvalue weighted by Gasteiger charge is -2.11. The van der Waals surface area contributed by atoms with Crippen molar-refractivity contribution >= 4 is 57.0 Å². The number of hydrogen-bond donors (Lipinski definition) is 1. The molecule has 21 heavy (non-hydrogen) atoms. The summed E-state index contributed by atoms with van der Waals surface area (Å²) < 4.78 is 10.8. The molecule has 0 aliphatic carbocycles. The van der Waals surface area contributed by atoms with Gasteiger partial charge < -0.3 is 15.2 Å². The standard InChI is InChI=1S/C13H10ClIN2O4/c14-8-4-9(15)13(12-7(8)2-1-3-17-12)21-6-11(19)20-5-10(16)18/h1-4H,5-6H2,(H2,16,18). The molecular formula is C13H10ClIN2O4. The van der Waals surface area contributed by atoms with Crippen LogP contribution >= 0.6 is 34.2 Å². The summed E-state index contributed by atoms with van der Waals surface area (Å²) in [5, 5.41) is 1.27. The van der Waals surface area contributed by atoms with Crippen molar-refractivity contribution < 1.29 is 19.1 Å². The van der Waals surface area contributed by atoms with Gasteiger partial charge >= 0.3 is 5.97 Å². The van der Waals surface area contributed by atoms with Crippen molar-refractivity contribution in [2.75, 3.05) is 13.2 Å². The summed E-state index contributed by atoms with van der Waals surface area (Å²) in [4.78, 5) is 26.2. The number of fused-ring (bicyclic) bond motifs is 1. The summed E-state index contributed by atoms with van der Waals surface area (Å²) in [6.45, 7) is -0.824. The molecule has 0 unspecified atom stereocenters. The number of carbonyl (C=O) groups is 2. The number of nitrogens with zero attached hydrogens (tertiary/aromatic N) is 1. The first-order chi connectivity index (χ1) is 9.99. The van der Waals surface area contributed by atoms with Gasteiger partial charge in [-0.1, -0.05) is 11.6 Å². The maximum absolute atomic E-state index is 11.4. The minimum Gasteiger partial charge on any atom is -0.478 e. The molecule has 1 aromatic carbocycles. The van der Waals surface area contributed by atoms with Crippen LogP contribution in [0.5, 0.6) is 5.75 Å². The van der Waals surface area contributed by atoms with Gasteiger partial charge in [0.05, 0.1) is 8.59 Å². The third-order valence-corrected chi connectivity index (χ3v) is 3.57. The Kier molecular flexibility index (Phi) is 5.18. The van der Waals surface area contributed by atoms with Gasteiger partial charge in [0.25, 0.3) is 5.91 Å². The number of benzene rings is 1. The van der Waals surface area contributed by atoms with Gasteiger partial charge in [0.1, 0.15) is 5.52 Å². The fourth-order valence-corrected chi connectivity index (χ4v) is 2.78. The summed E-state index contributed by atoms with van der Waals surface area (Å²) in [6.07, 6.45) is 1.60. The van der Waals surface area contributed by atoms with Crippen LogP contribution in [0.3, 0.4) is 0 Å². The molecule has 0 fully saturated rings. The molecule has 2 N–H and O–H groups in total. The number of pyridine rings is 1. The van der Waals surface area contributed by atoms with Gasteiger partial charge in [0, 0.05) is 11.6 Å². The summed E-state index contributed by atoms with van der Waals surface area (Å²) >= 11 is 8.18. The van der Waals surface area contributed by atoms with Crippen molar-refractivity contribution in [1.82, 2.24) is 4.98 Å². The van der Waals surface area contributed by atoms with Gasteiger partial charge in [-0.3, -0.25) is 9.78 Å². The molecule has 2 aromatic rings. The van der Waals surface area contributed by atoms with Crippen LogP contribution in [-0.4, -0.2) is 30.1 Å². The normalized spacial score (nSPS) is 10.4. The molecule has 2 rings (SSSR count). The molecule has 1 aromatic heterocycles. The maximum Gasteiger partial charge on any atom is 0.344 e. The Morgan fingerprint density at radius 3 is 2.86 bits per heavy atom. The van der Waals surface area contributed by atoms with Gasteiger partial charge in [-0.05, 0) is 40.8 Å². The summed E-state index contributed by atoms with van der Waals surface area (Å²) in [5.74, 6) is -0.980. The van der Waals surface area contributed by atoms with E-state index in [1.807, 2.05) is 22.6 Å². The fourth-order valence-electron chi connectivity index (χ4n) is 1.61. The monoisotopic (exact) mass is 420 g/mol. The topological polar surface area (TPSA) is 91.5 Å². The number of amides is 1. The van der Waals surface area contributed by atoms with Crippen LogP contribution < -0.4 is 10.5 Å². The summed E-state index contributed by atoms with van der Waals surface area (Å²) in [7, 11) is 0. The van der Waals surface area contributed by atoms with E-state index in [2.05, 4.69) is 9.72 Å². The van der Waals surface area contributed by atoms with Crippen LogP contribution in [0.1, 0.15) is 0 Å². The van der Waals surface area contributed by atoms with Crippen molar-refractivity contribution in [1.29, 1.82) is 0 Å². The average Bonchev–Trinajstić information content (AvgIpc) is 2.45.